The van der Waals surface area contributed by atoms with Crippen LogP contribution in [0.25, 0.3) is 0 Å². The molecule has 2 rings (SSSR count). The van der Waals surface area contributed by atoms with Crippen LogP contribution in [0.1, 0.15) is 28.0 Å². The first-order valence-corrected chi connectivity index (χ1v) is 3.76. The Balaban J connectivity index is 2.60. The summed E-state index contributed by atoms with van der Waals surface area (Å²) in [5, 5.41) is 0. The smallest absolute Gasteiger partial charge is 0.163 e. The first-order chi connectivity index (χ1) is 5.27. The molecule has 1 aromatic rings. The number of hydrogen-bond acceptors (Lipinski definition) is 2. The predicted molar refractivity (Wildman–Crippen MR) is 41.6 cm³/mol. The van der Waals surface area contributed by atoms with Crippen LogP contribution < -0.4 is 0 Å². The summed E-state index contributed by atoms with van der Waals surface area (Å²) < 4.78 is 0. The number of rotatable bonds is 0. The largest absolute Gasteiger partial charge is 0.294 e. The molecule has 1 aliphatic carbocycles. The lowest BCUT2D eigenvalue weighted by molar-refractivity contribution is 0.0994. The lowest BCUT2D eigenvalue weighted by Crippen LogP contribution is -1.93. The number of ketones is 1. The van der Waals surface area contributed by atoms with Crippen LogP contribution in [-0.2, 0) is 6.42 Å². The third kappa shape index (κ3) is 0.946. The molecule has 0 fully saturated rings. The number of aryl methyl sites for hydroxylation is 2. The third-order valence-corrected chi connectivity index (χ3v) is 2.05. The Bertz CT molecular complexity index is 317. The molecular weight excluding hydrogens is 138 g/mol. The highest BCUT2D eigenvalue weighted by atomic mass is 16.1. The minimum atomic E-state index is 0.269. The van der Waals surface area contributed by atoms with Crippen LogP contribution in [0.2, 0.25) is 0 Å². The van der Waals surface area contributed by atoms with Gasteiger partial charge in [0.15, 0.2) is 5.78 Å². The van der Waals surface area contributed by atoms with Gasteiger partial charge in [-0.3, -0.25) is 9.78 Å². The van der Waals surface area contributed by atoms with Crippen molar-refractivity contribution >= 4 is 5.78 Å². The van der Waals surface area contributed by atoms with Gasteiger partial charge in [-0.2, -0.15) is 0 Å². The Kier molecular flexibility index (Phi) is 1.28. The van der Waals surface area contributed by atoms with Crippen LogP contribution in [0.15, 0.2) is 12.3 Å². The summed E-state index contributed by atoms with van der Waals surface area (Å²) >= 11 is 0. The summed E-state index contributed by atoms with van der Waals surface area (Å²) in [6.45, 7) is 1.91. The fourth-order valence-corrected chi connectivity index (χ4v) is 1.43. The van der Waals surface area contributed by atoms with Crippen molar-refractivity contribution in [2.45, 2.75) is 19.8 Å². The maximum Gasteiger partial charge on any atom is 0.163 e. The lowest BCUT2D eigenvalue weighted by Gasteiger charge is -1.96. The molecule has 0 atom stereocenters. The SMILES string of the molecule is Cc1cc2c(cn1)CCC2=O. The normalized spacial score (nSPS) is 15.2. The first-order valence-electron chi connectivity index (χ1n) is 3.76. The van der Waals surface area contributed by atoms with Crippen molar-refractivity contribution in [3.8, 4) is 0 Å². The maximum atomic E-state index is 11.2. The molecule has 0 bridgehead atoms. The van der Waals surface area contributed by atoms with Crippen molar-refractivity contribution in [1.82, 2.24) is 4.98 Å². The van der Waals surface area contributed by atoms with Gasteiger partial charge in [-0.05, 0) is 25.0 Å². The Morgan fingerprint density at radius 2 is 2.27 bits per heavy atom. The molecule has 11 heavy (non-hydrogen) atoms. The van der Waals surface area contributed by atoms with E-state index in [0.29, 0.717) is 6.42 Å². The van der Waals surface area contributed by atoms with Crippen LogP contribution >= 0.6 is 0 Å². The van der Waals surface area contributed by atoms with Gasteiger partial charge in [0.05, 0.1) is 0 Å². The Labute approximate surface area is 65.3 Å². The van der Waals surface area contributed by atoms with E-state index in [2.05, 4.69) is 4.98 Å². The number of aromatic nitrogens is 1. The summed E-state index contributed by atoms with van der Waals surface area (Å²) in [5.41, 5.74) is 2.93. The Hall–Kier alpha value is -1.18. The Morgan fingerprint density at radius 1 is 1.45 bits per heavy atom. The highest BCUT2D eigenvalue weighted by Gasteiger charge is 2.18. The topological polar surface area (TPSA) is 30.0 Å². The first kappa shape index (κ1) is 6.53. The van der Waals surface area contributed by atoms with Gasteiger partial charge in [0.2, 0.25) is 0 Å². The van der Waals surface area contributed by atoms with Crippen molar-refractivity contribution < 1.29 is 4.79 Å². The van der Waals surface area contributed by atoms with Gasteiger partial charge in [-0.15, -0.1) is 0 Å². The summed E-state index contributed by atoms with van der Waals surface area (Å²) in [6.07, 6.45) is 3.36. The molecule has 56 valence electrons. The van der Waals surface area contributed by atoms with Crippen molar-refractivity contribution in [1.29, 1.82) is 0 Å². The number of carbonyl (C=O) groups excluding carboxylic acids is 1. The summed E-state index contributed by atoms with van der Waals surface area (Å²) in [7, 11) is 0. The fraction of sp³-hybridized carbons (Fsp3) is 0.333. The molecule has 1 heterocycles. The van der Waals surface area contributed by atoms with Gasteiger partial charge >= 0.3 is 0 Å². The monoisotopic (exact) mass is 147 g/mol. The fourth-order valence-electron chi connectivity index (χ4n) is 1.43. The lowest BCUT2D eigenvalue weighted by atomic mass is 10.1. The van der Waals surface area contributed by atoms with Gasteiger partial charge in [0, 0.05) is 23.9 Å². The van der Waals surface area contributed by atoms with E-state index in [-0.39, 0.29) is 5.78 Å². The number of carbonyl (C=O) groups is 1. The predicted octanol–water partition coefficient (Wildman–Crippen LogP) is 1.52. The zero-order chi connectivity index (χ0) is 7.84. The quantitative estimate of drug-likeness (QED) is 0.557. The molecule has 0 spiro atoms. The minimum Gasteiger partial charge on any atom is -0.294 e. The molecule has 0 unspecified atom stereocenters. The van der Waals surface area contributed by atoms with Crippen molar-refractivity contribution in [3.05, 3.63) is 29.1 Å². The van der Waals surface area contributed by atoms with E-state index in [0.717, 1.165) is 23.2 Å². The summed E-state index contributed by atoms with van der Waals surface area (Å²) in [6, 6.07) is 1.88. The molecule has 1 aliphatic rings. The van der Waals surface area contributed by atoms with Gasteiger partial charge in [-0.25, -0.2) is 0 Å². The molecule has 0 radical (unpaired) electrons. The Morgan fingerprint density at radius 3 is 3.09 bits per heavy atom. The average Bonchev–Trinajstić information content (AvgIpc) is 2.33. The van der Waals surface area contributed by atoms with Gasteiger partial charge in [0.25, 0.3) is 0 Å². The average molecular weight is 147 g/mol. The second-order valence-electron chi connectivity index (χ2n) is 2.91. The van der Waals surface area contributed by atoms with Crippen LogP contribution in [0.3, 0.4) is 0 Å². The number of nitrogens with zero attached hydrogens (tertiary/aromatic N) is 1. The summed E-state index contributed by atoms with van der Waals surface area (Å²) in [5.74, 6) is 0.269. The van der Waals surface area contributed by atoms with Crippen LogP contribution in [-0.4, -0.2) is 10.8 Å². The molecule has 2 heteroatoms. The number of Topliss-reactive ketones (excluding diaryl/α,β-unsaturated/α-hetero) is 1. The number of hydrogen-bond donors (Lipinski definition) is 0. The molecule has 0 aromatic carbocycles. The highest BCUT2D eigenvalue weighted by molar-refractivity contribution is 6.00. The molecule has 2 nitrogen and oxygen atoms in total. The minimum absolute atomic E-state index is 0.269. The van der Waals surface area contributed by atoms with Crippen molar-refractivity contribution in [3.63, 3.8) is 0 Å². The second kappa shape index (κ2) is 2.16. The van der Waals surface area contributed by atoms with E-state index in [1.165, 1.54) is 0 Å². The zero-order valence-corrected chi connectivity index (χ0v) is 6.42. The van der Waals surface area contributed by atoms with Crippen LogP contribution in [0.4, 0.5) is 0 Å². The van der Waals surface area contributed by atoms with Gasteiger partial charge < -0.3 is 0 Å². The summed E-state index contributed by atoms with van der Waals surface area (Å²) in [4.78, 5) is 15.3. The molecule has 0 aliphatic heterocycles. The number of fused-ring (bicyclic) bond motifs is 1. The van der Waals surface area contributed by atoms with Crippen molar-refractivity contribution in [2.75, 3.05) is 0 Å². The zero-order valence-electron chi connectivity index (χ0n) is 6.42. The second-order valence-corrected chi connectivity index (χ2v) is 2.91. The highest BCUT2D eigenvalue weighted by Crippen LogP contribution is 2.20. The van der Waals surface area contributed by atoms with Gasteiger partial charge in [-0.1, -0.05) is 0 Å². The van der Waals surface area contributed by atoms with Crippen LogP contribution in [0.5, 0.6) is 0 Å². The molecule has 0 saturated heterocycles. The van der Waals surface area contributed by atoms with E-state index in [4.69, 9.17) is 0 Å². The van der Waals surface area contributed by atoms with Gasteiger partial charge in [0.1, 0.15) is 0 Å². The van der Waals surface area contributed by atoms with E-state index in [1.807, 2.05) is 19.2 Å². The third-order valence-electron chi connectivity index (χ3n) is 2.05. The van der Waals surface area contributed by atoms with E-state index in [1.54, 1.807) is 0 Å². The van der Waals surface area contributed by atoms with Crippen molar-refractivity contribution in [2.24, 2.45) is 0 Å². The molecule has 0 saturated carbocycles. The number of pyridine rings is 1. The molecule has 1 aromatic heterocycles. The van der Waals surface area contributed by atoms with E-state index in [9.17, 15) is 4.79 Å². The molecule has 0 N–H and O–H groups in total. The standard InChI is InChI=1S/C9H9NO/c1-6-4-8-7(5-10-6)2-3-9(8)11/h4-5H,2-3H2,1H3. The van der Waals surface area contributed by atoms with E-state index < -0.39 is 0 Å². The molecular formula is C9H9NO. The van der Waals surface area contributed by atoms with Crippen LogP contribution in [0, 0.1) is 6.92 Å². The van der Waals surface area contributed by atoms with E-state index >= 15 is 0 Å². The molecule has 0 amide bonds. The maximum absolute atomic E-state index is 11.2.